The molecule has 0 radical (unpaired) electrons. The first-order valence-electron chi connectivity index (χ1n) is 5.85. The van der Waals surface area contributed by atoms with Gasteiger partial charge in [-0.2, -0.15) is 0 Å². The van der Waals surface area contributed by atoms with Crippen LogP contribution >= 0.6 is 28.1 Å². The van der Waals surface area contributed by atoms with E-state index in [9.17, 15) is 0 Å². The van der Waals surface area contributed by atoms with Crippen LogP contribution in [-0.4, -0.2) is 17.1 Å². The van der Waals surface area contributed by atoms with E-state index in [-0.39, 0.29) is 5.60 Å². The lowest BCUT2D eigenvalue weighted by atomic mass is 9.79. The minimum Gasteiger partial charge on any atom is -0.370 e. The van der Waals surface area contributed by atoms with Gasteiger partial charge in [-0.05, 0) is 41.1 Å². The lowest BCUT2D eigenvalue weighted by Crippen LogP contribution is -2.38. The average Bonchev–Trinajstić information content (AvgIpc) is 2.21. The highest BCUT2D eigenvalue weighted by molar-refractivity contribution is 9.10. The third kappa shape index (κ3) is 2.20. The van der Waals surface area contributed by atoms with Crippen molar-refractivity contribution in [1.82, 2.24) is 9.97 Å². The van der Waals surface area contributed by atoms with Gasteiger partial charge in [0.15, 0.2) is 0 Å². The Kier molecular flexibility index (Phi) is 3.71. The van der Waals surface area contributed by atoms with E-state index in [2.05, 4.69) is 39.7 Å². The predicted molar refractivity (Wildman–Crippen MR) is 73.7 cm³/mol. The summed E-state index contributed by atoms with van der Waals surface area (Å²) >= 11 is 8.81. The molecule has 1 aromatic heterocycles. The molecule has 0 atom stereocenters. The molecule has 3 nitrogen and oxygen atoms in total. The third-order valence-electron chi connectivity index (χ3n) is 3.45. The fraction of sp³-hybridized carbons (Fsp3) is 0.667. The number of nitrogens with zero attached hydrogens (tertiary/aromatic N) is 1. The van der Waals surface area contributed by atoms with Crippen LogP contribution in [0.15, 0.2) is 4.47 Å². The molecule has 0 bridgehead atoms. The van der Waals surface area contributed by atoms with Crippen LogP contribution in [0.3, 0.4) is 0 Å². The Bertz CT molecular complexity index is 474. The number of aromatic amines is 1. The van der Waals surface area contributed by atoms with Crippen LogP contribution < -0.4 is 0 Å². The fourth-order valence-corrected chi connectivity index (χ4v) is 2.97. The number of ether oxygens (including phenoxy) is 1. The minimum absolute atomic E-state index is 0.238. The molecule has 1 aliphatic carbocycles. The summed E-state index contributed by atoms with van der Waals surface area (Å²) in [7, 11) is 1.74. The van der Waals surface area contributed by atoms with Gasteiger partial charge in [0, 0.05) is 12.8 Å². The summed E-state index contributed by atoms with van der Waals surface area (Å²) in [6.45, 7) is 4.27. The SMILES string of the molecule is COC1(c2nc(=S)c(Br)c(C(C)C)[nH]2)CCC1. The smallest absolute Gasteiger partial charge is 0.144 e. The lowest BCUT2D eigenvalue weighted by molar-refractivity contribution is -0.0849. The molecule has 17 heavy (non-hydrogen) atoms. The van der Waals surface area contributed by atoms with Crippen LogP contribution in [0.5, 0.6) is 0 Å². The standard InChI is InChI=1S/C12H17BrN2OS/c1-7(2)9-8(13)10(17)15-11(14-9)12(16-3)5-4-6-12/h7H,4-6H2,1-3H3,(H,14,15,17). The second kappa shape index (κ2) is 4.78. The third-order valence-corrected chi connectivity index (χ3v) is 4.81. The number of aromatic nitrogens is 2. The summed E-state index contributed by atoms with van der Waals surface area (Å²) in [5, 5.41) is 0. The first-order chi connectivity index (χ1) is 8.00. The first kappa shape index (κ1) is 13.2. The van der Waals surface area contributed by atoms with E-state index in [0.717, 1.165) is 28.8 Å². The zero-order valence-corrected chi connectivity index (χ0v) is 12.7. The monoisotopic (exact) mass is 316 g/mol. The maximum absolute atomic E-state index is 5.63. The zero-order chi connectivity index (χ0) is 12.6. The van der Waals surface area contributed by atoms with Gasteiger partial charge in [0.2, 0.25) is 0 Å². The molecule has 0 aliphatic heterocycles. The predicted octanol–water partition coefficient (Wildman–Crippen LogP) is 4.05. The van der Waals surface area contributed by atoms with E-state index in [0.29, 0.717) is 10.6 Å². The summed E-state index contributed by atoms with van der Waals surface area (Å²) in [4.78, 5) is 7.87. The molecule has 1 N–H and O–H groups in total. The number of hydrogen-bond donors (Lipinski definition) is 1. The maximum atomic E-state index is 5.63. The van der Waals surface area contributed by atoms with Crippen LogP contribution in [0.25, 0.3) is 0 Å². The van der Waals surface area contributed by atoms with E-state index < -0.39 is 0 Å². The molecule has 1 aromatic rings. The lowest BCUT2D eigenvalue weighted by Gasteiger charge is -2.39. The van der Waals surface area contributed by atoms with Crippen LogP contribution in [0, 0.1) is 4.64 Å². The van der Waals surface area contributed by atoms with Crippen LogP contribution in [0.4, 0.5) is 0 Å². The quantitative estimate of drug-likeness (QED) is 0.855. The molecule has 2 rings (SSSR count). The van der Waals surface area contributed by atoms with Crippen molar-refractivity contribution in [3.63, 3.8) is 0 Å². The van der Waals surface area contributed by atoms with Gasteiger partial charge < -0.3 is 9.72 Å². The number of nitrogens with one attached hydrogen (secondary N) is 1. The van der Waals surface area contributed by atoms with Crippen molar-refractivity contribution in [2.24, 2.45) is 0 Å². The molecule has 0 unspecified atom stereocenters. The van der Waals surface area contributed by atoms with Crippen LogP contribution in [0.2, 0.25) is 0 Å². The molecule has 1 heterocycles. The number of H-pyrrole nitrogens is 1. The molecule has 1 saturated carbocycles. The summed E-state index contributed by atoms with van der Waals surface area (Å²) in [5.74, 6) is 1.25. The number of halogens is 1. The Balaban J connectivity index is 2.53. The van der Waals surface area contributed by atoms with Crippen molar-refractivity contribution >= 4 is 28.1 Å². The van der Waals surface area contributed by atoms with Crippen molar-refractivity contribution in [3.8, 4) is 0 Å². The van der Waals surface area contributed by atoms with Crippen molar-refractivity contribution < 1.29 is 4.74 Å². The molecular weight excluding hydrogens is 300 g/mol. The molecule has 0 amide bonds. The van der Waals surface area contributed by atoms with Crippen LogP contribution in [0.1, 0.15) is 50.5 Å². The largest absolute Gasteiger partial charge is 0.370 e. The Morgan fingerprint density at radius 1 is 1.47 bits per heavy atom. The molecule has 0 saturated heterocycles. The summed E-state index contributed by atoms with van der Waals surface area (Å²) in [5.41, 5.74) is 0.862. The van der Waals surface area contributed by atoms with Crippen molar-refractivity contribution in [2.75, 3.05) is 7.11 Å². The normalized spacial score (nSPS) is 18.2. The molecule has 94 valence electrons. The Morgan fingerprint density at radius 2 is 2.12 bits per heavy atom. The molecular formula is C12H17BrN2OS. The van der Waals surface area contributed by atoms with Gasteiger partial charge in [0.1, 0.15) is 16.1 Å². The molecule has 1 aliphatic rings. The second-order valence-electron chi connectivity index (χ2n) is 4.82. The van der Waals surface area contributed by atoms with Gasteiger partial charge in [0.05, 0.1) is 4.47 Å². The van der Waals surface area contributed by atoms with E-state index in [1.54, 1.807) is 7.11 Å². The molecule has 1 fully saturated rings. The molecule has 5 heteroatoms. The molecule has 0 spiro atoms. The van der Waals surface area contributed by atoms with Crippen molar-refractivity contribution in [2.45, 2.75) is 44.6 Å². The summed E-state index contributed by atoms with van der Waals surface area (Å²) in [6.07, 6.45) is 3.21. The van der Waals surface area contributed by atoms with Crippen molar-refractivity contribution in [1.29, 1.82) is 0 Å². The number of methoxy groups -OCH3 is 1. The summed E-state index contributed by atoms with van der Waals surface area (Å²) in [6, 6.07) is 0. The Labute approximate surface area is 115 Å². The highest BCUT2D eigenvalue weighted by Gasteiger charge is 2.41. The van der Waals surface area contributed by atoms with Crippen molar-refractivity contribution in [3.05, 3.63) is 20.6 Å². The highest BCUT2D eigenvalue weighted by Crippen LogP contribution is 2.43. The maximum Gasteiger partial charge on any atom is 0.144 e. The topological polar surface area (TPSA) is 37.9 Å². The fourth-order valence-electron chi connectivity index (χ4n) is 2.13. The van der Waals surface area contributed by atoms with E-state index in [4.69, 9.17) is 17.0 Å². The van der Waals surface area contributed by atoms with Gasteiger partial charge in [-0.3, -0.25) is 0 Å². The van der Waals surface area contributed by atoms with Gasteiger partial charge >= 0.3 is 0 Å². The van der Waals surface area contributed by atoms with Gasteiger partial charge in [-0.25, -0.2) is 4.98 Å². The molecule has 0 aromatic carbocycles. The summed E-state index contributed by atoms with van der Waals surface area (Å²) < 4.78 is 7.15. The van der Waals surface area contributed by atoms with E-state index in [1.807, 2.05) is 0 Å². The van der Waals surface area contributed by atoms with Gasteiger partial charge in [-0.15, -0.1) is 0 Å². The average molecular weight is 317 g/mol. The second-order valence-corrected chi connectivity index (χ2v) is 6.00. The number of rotatable bonds is 3. The Morgan fingerprint density at radius 3 is 2.53 bits per heavy atom. The van der Waals surface area contributed by atoms with E-state index >= 15 is 0 Å². The highest BCUT2D eigenvalue weighted by atomic mass is 79.9. The van der Waals surface area contributed by atoms with Crippen LogP contribution in [-0.2, 0) is 10.3 Å². The van der Waals surface area contributed by atoms with Gasteiger partial charge in [0.25, 0.3) is 0 Å². The first-order valence-corrected chi connectivity index (χ1v) is 7.05. The minimum atomic E-state index is -0.238. The Hall–Kier alpha value is -0.260. The zero-order valence-electron chi connectivity index (χ0n) is 10.3. The van der Waals surface area contributed by atoms with E-state index in [1.165, 1.54) is 6.42 Å². The number of hydrogen-bond acceptors (Lipinski definition) is 3. The van der Waals surface area contributed by atoms with Gasteiger partial charge in [-0.1, -0.05) is 26.1 Å².